The Labute approximate surface area is 165 Å². The maximum Gasteiger partial charge on any atom is 0.325 e. The van der Waals surface area contributed by atoms with Crippen LogP contribution in [-0.2, 0) is 14.3 Å². The number of carbonyl (C=O) groups is 1. The Bertz CT molecular complexity index is 641. The van der Waals surface area contributed by atoms with Gasteiger partial charge in [-0.1, -0.05) is 49.8 Å². The molecule has 26 heavy (non-hydrogen) atoms. The summed E-state index contributed by atoms with van der Waals surface area (Å²) in [5.41, 5.74) is 1.78. The molecule has 1 aliphatic rings. The first kappa shape index (κ1) is 20.7. The van der Waals surface area contributed by atoms with Crippen molar-refractivity contribution < 1.29 is 14.3 Å². The highest BCUT2D eigenvalue weighted by Gasteiger charge is 2.18. The van der Waals surface area contributed by atoms with Crippen LogP contribution < -0.4 is 5.32 Å². The van der Waals surface area contributed by atoms with Crippen molar-refractivity contribution in [2.24, 2.45) is 5.92 Å². The van der Waals surface area contributed by atoms with Crippen molar-refractivity contribution in [1.82, 2.24) is 10.2 Å². The molecule has 1 N–H and O–H groups in total. The molecule has 1 heterocycles. The lowest BCUT2D eigenvalue weighted by molar-refractivity contribution is -0.143. The summed E-state index contributed by atoms with van der Waals surface area (Å²) in [7, 11) is 0. The van der Waals surface area contributed by atoms with Crippen LogP contribution in [0.4, 0.5) is 0 Å². The van der Waals surface area contributed by atoms with Crippen LogP contribution in [0, 0.1) is 5.92 Å². The van der Waals surface area contributed by atoms with E-state index in [1.807, 2.05) is 38.1 Å². The molecule has 2 rings (SSSR count). The summed E-state index contributed by atoms with van der Waals surface area (Å²) in [6, 6.07) is 7.48. The molecule has 0 amide bonds. The first-order valence-corrected chi connectivity index (χ1v) is 9.48. The van der Waals surface area contributed by atoms with Gasteiger partial charge in [0, 0.05) is 29.9 Å². The van der Waals surface area contributed by atoms with Gasteiger partial charge in [0.1, 0.15) is 11.5 Å². The maximum absolute atomic E-state index is 11.8. The Morgan fingerprint density at radius 1 is 1.35 bits per heavy atom. The minimum absolute atomic E-state index is 0.0928. The average molecular weight is 397 g/mol. The molecule has 1 saturated heterocycles. The second-order valence-electron chi connectivity index (χ2n) is 6.43. The molecule has 142 valence electrons. The number of nitrogens with zero attached hydrogens (tertiary/aromatic N) is 1. The normalized spacial score (nSPS) is 15.1. The summed E-state index contributed by atoms with van der Waals surface area (Å²) in [5, 5.41) is 3.69. The molecule has 0 saturated carbocycles. The highest BCUT2D eigenvalue weighted by Crippen LogP contribution is 2.21. The van der Waals surface area contributed by atoms with Crippen molar-refractivity contribution in [1.29, 1.82) is 0 Å². The number of carbonyl (C=O) groups excluding carboxylic acids is 1. The minimum atomic E-state index is -0.289. The van der Waals surface area contributed by atoms with Crippen molar-refractivity contribution in [3.8, 4) is 0 Å². The molecular weight excluding hydrogens is 372 g/mol. The molecule has 1 aromatic carbocycles. The number of ether oxygens (including phenoxy) is 2. The number of benzene rings is 1. The Balaban J connectivity index is 2.08. The van der Waals surface area contributed by atoms with Gasteiger partial charge in [-0.05, 0) is 23.6 Å². The second kappa shape index (κ2) is 10.5. The van der Waals surface area contributed by atoms with Gasteiger partial charge in [0.25, 0.3) is 0 Å². The quantitative estimate of drug-likeness (QED) is 0.434. The largest absolute Gasteiger partial charge is 0.464 e. The van der Waals surface area contributed by atoms with Crippen molar-refractivity contribution in [3.05, 3.63) is 41.1 Å². The molecule has 0 bridgehead atoms. The molecule has 1 aromatic rings. The molecule has 1 fully saturated rings. The lowest BCUT2D eigenvalue weighted by Gasteiger charge is -2.30. The van der Waals surface area contributed by atoms with E-state index in [1.54, 1.807) is 6.20 Å². The molecule has 0 spiro atoms. The van der Waals surface area contributed by atoms with Crippen LogP contribution in [0.25, 0.3) is 5.57 Å². The lowest BCUT2D eigenvalue weighted by Crippen LogP contribution is -2.40. The van der Waals surface area contributed by atoms with E-state index in [0.717, 1.165) is 29.2 Å². The summed E-state index contributed by atoms with van der Waals surface area (Å²) in [5.74, 6) is 0.0238. The number of halogens is 1. The van der Waals surface area contributed by atoms with Crippen LogP contribution in [0.2, 0.25) is 5.02 Å². The van der Waals surface area contributed by atoms with Crippen LogP contribution in [-0.4, -0.2) is 55.3 Å². The van der Waals surface area contributed by atoms with Gasteiger partial charge >= 0.3 is 5.97 Å². The third-order valence-corrected chi connectivity index (χ3v) is 4.48. The number of hydrogen-bond acceptors (Lipinski definition) is 5. The Morgan fingerprint density at radius 2 is 2.00 bits per heavy atom. The zero-order valence-electron chi connectivity index (χ0n) is 15.2. The van der Waals surface area contributed by atoms with Gasteiger partial charge in [-0.2, -0.15) is 0 Å². The van der Waals surface area contributed by atoms with Gasteiger partial charge in [0.15, 0.2) is 0 Å². The number of morpholine rings is 1. The standard InChI is InChI=1S/C19H25ClN2O3S/c1-14(2)13-25-18(23)12-21-11-17(15-3-5-16(20)6-4-15)19(26)22-7-9-24-10-8-22/h3-6,11,14,21H,7-10,12-13H2,1-2H3/b17-11+. The highest BCUT2D eigenvalue weighted by atomic mass is 35.5. The molecule has 0 radical (unpaired) electrons. The zero-order chi connectivity index (χ0) is 18.9. The molecule has 0 aliphatic carbocycles. The summed E-state index contributed by atoms with van der Waals surface area (Å²) in [6.07, 6.45) is 1.78. The molecule has 0 atom stereocenters. The topological polar surface area (TPSA) is 50.8 Å². The maximum atomic E-state index is 11.8. The summed E-state index contributed by atoms with van der Waals surface area (Å²) < 4.78 is 10.6. The van der Waals surface area contributed by atoms with Crippen molar-refractivity contribution >= 4 is 40.3 Å². The average Bonchev–Trinajstić information content (AvgIpc) is 2.65. The van der Waals surface area contributed by atoms with Gasteiger partial charge in [-0.15, -0.1) is 0 Å². The van der Waals surface area contributed by atoms with E-state index >= 15 is 0 Å². The molecule has 1 aliphatic heterocycles. The van der Waals surface area contributed by atoms with Gasteiger partial charge in [0.2, 0.25) is 0 Å². The SMILES string of the molecule is CC(C)COC(=O)CN/C=C(/C(=S)N1CCOCC1)c1ccc(Cl)cc1. The number of hydrogen-bond donors (Lipinski definition) is 1. The second-order valence-corrected chi connectivity index (χ2v) is 7.25. The fraction of sp³-hybridized carbons (Fsp3) is 0.474. The third-order valence-electron chi connectivity index (χ3n) is 3.75. The molecule has 7 heteroatoms. The first-order valence-electron chi connectivity index (χ1n) is 8.69. The number of rotatable bonds is 7. The van der Waals surface area contributed by atoms with Crippen LogP contribution >= 0.6 is 23.8 Å². The minimum Gasteiger partial charge on any atom is -0.464 e. The Hall–Kier alpha value is -1.63. The van der Waals surface area contributed by atoms with E-state index in [-0.39, 0.29) is 12.5 Å². The van der Waals surface area contributed by atoms with Gasteiger partial charge in [-0.25, -0.2) is 0 Å². The monoisotopic (exact) mass is 396 g/mol. The molecule has 0 aromatic heterocycles. The fourth-order valence-corrected chi connectivity index (χ4v) is 2.87. The number of thiocarbonyl (C=S) groups is 1. The van der Waals surface area contributed by atoms with Gasteiger partial charge < -0.3 is 19.7 Å². The summed E-state index contributed by atoms with van der Waals surface area (Å²) in [4.78, 5) is 14.6. The van der Waals surface area contributed by atoms with Crippen LogP contribution in [0.5, 0.6) is 0 Å². The van der Waals surface area contributed by atoms with Crippen molar-refractivity contribution in [2.75, 3.05) is 39.5 Å². The van der Waals surface area contributed by atoms with E-state index < -0.39 is 0 Å². The van der Waals surface area contributed by atoms with E-state index in [4.69, 9.17) is 33.3 Å². The first-order chi connectivity index (χ1) is 12.5. The van der Waals surface area contributed by atoms with Crippen LogP contribution in [0.1, 0.15) is 19.4 Å². The summed E-state index contributed by atoms with van der Waals surface area (Å²) in [6.45, 7) is 7.32. The van der Waals surface area contributed by atoms with Gasteiger partial charge in [0.05, 0.1) is 19.8 Å². The predicted molar refractivity (Wildman–Crippen MR) is 108 cm³/mol. The highest BCUT2D eigenvalue weighted by molar-refractivity contribution is 7.81. The Kier molecular flexibility index (Phi) is 8.35. The van der Waals surface area contributed by atoms with Crippen LogP contribution in [0.3, 0.4) is 0 Å². The van der Waals surface area contributed by atoms with Crippen molar-refractivity contribution in [3.63, 3.8) is 0 Å². The van der Waals surface area contributed by atoms with E-state index in [2.05, 4.69) is 10.2 Å². The van der Waals surface area contributed by atoms with Gasteiger partial charge in [-0.3, -0.25) is 4.79 Å². The number of esters is 1. The van der Waals surface area contributed by atoms with Crippen LogP contribution in [0.15, 0.2) is 30.5 Å². The number of nitrogens with one attached hydrogen (secondary N) is 1. The smallest absolute Gasteiger partial charge is 0.325 e. The fourth-order valence-electron chi connectivity index (χ4n) is 2.38. The lowest BCUT2D eigenvalue weighted by atomic mass is 10.1. The van der Waals surface area contributed by atoms with E-state index in [9.17, 15) is 4.79 Å². The van der Waals surface area contributed by atoms with E-state index in [0.29, 0.717) is 30.8 Å². The third kappa shape index (κ3) is 6.59. The molecule has 0 unspecified atom stereocenters. The summed E-state index contributed by atoms with van der Waals surface area (Å²) >= 11 is 11.7. The zero-order valence-corrected chi connectivity index (χ0v) is 16.7. The predicted octanol–water partition coefficient (Wildman–Crippen LogP) is 3.13. The van der Waals surface area contributed by atoms with E-state index in [1.165, 1.54) is 0 Å². The van der Waals surface area contributed by atoms with Crippen molar-refractivity contribution in [2.45, 2.75) is 13.8 Å². The Morgan fingerprint density at radius 3 is 2.62 bits per heavy atom. The molecule has 5 nitrogen and oxygen atoms in total. The molecular formula is C19H25ClN2O3S.